The van der Waals surface area contributed by atoms with Gasteiger partial charge in [0.05, 0.1) is 0 Å². The molecule has 4 nitrogen and oxygen atoms in total. The molecule has 0 atom stereocenters. The summed E-state index contributed by atoms with van der Waals surface area (Å²) in [6.45, 7) is 6.42. The number of carbonyl (C=O) groups excluding carboxylic acids is 1. The van der Waals surface area contributed by atoms with Gasteiger partial charge >= 0.3 is 0 Å². The smallest absolute Gasteiger partial charge is 0.255 e. The largest absolute Gasteiger partial charge is 0.376 e. The summed E-state index contributed by atoms with van der Waals surface area (Å²) in [7, 11) is 0. The number of hydrogen-bond acceptors (Lipinski definition) is 2. The molecule has 5 heteroatoms. The molecule has 0 saturated heterocycles. The molecule has 0 bridgehead atoms. The third kappa shape index (κ3) is 4.79. The highest BCUT2D eigenvalue weighted by Crippen LogP contribution is 2.22. The van der Waals surface area contributed by atoms with Crippen molar-refractivity contribution in [1.29, 1.82) is 0 Å². The maximum Gasteiger partial charge on any atom is 0.255 e. The van der Waals surface area contributed by atoms with E-state index in [1.54, 1.807) is 6.07 Å². The predicted molar refractivity (Wildman–Crippen MR) is 99.9 cm³/mol. The summed E-state index contributed by atoms with van der Waals surface area (Å²) in [6, 6.07) is 14.9. The molecule has 0 unspecified atom stereocenters. The average molecular weight is 327 g/mol. The van der Waals surface area contributed by atoms with Gasteiger partial charge in [-0.2, -0.15) is 0 Å². The molecule has 120 valence electrons. The molecule has 1 amide bonds. The lowest BCUT2D eigenvalue weighted by Crippen LogP contribution is -2.19. The van der Waals surface area contributed by atoms with E-state index in [9.17, 15) is 4.79 Å². The van der Waals surface area contributed by atoms with Crippen LogP contribution in [0.2, 0.25) is 0 Å². The van der Waals surface area contributed by atoms with Crippen molar-refractivity contribution in [3.05, 3.63) is 59.7 Å². The molecule has 0 aliphatic heterocycles. The number of carbonyl (C=O) groups is 1. The monoisotopic (exact) mass is 327 g/mol. The topological polar surface area (TPSA) is 67.2 Å². The number of rotatable bonds is 3. The maximum absolute atomic E-state index is 12.3. The summed E-state index contributed by atoms with van der Waals surface area (Å²) in [6.07, 6.45) is 0. The summed E-state index contributed by atoms with van der Waals surface area (Å²) in [5.74, 6) is -0.155. The fourth-order valence-corrected chi connectivity index (χ4v) is 2.26. The molecule has 2 rings (SSSR count). The molecule has 0 spiro atoms. The minimum atomic E-state index is -0.155. The Morgan fingerprint density at radius 2 is 1.57 bits per heavy atom. The summed E-state index contributed by atoms with van der Waals surface area (Å²) in [5.41, 5.74) is 8.73. The summed E-state index contributed by atoms with van der Waals surface area (Å²) < 4.78 is 0. The van der Waals surface area contributed by atoms with Crippen LogP contribution in [-0.4, -0.2) is 11.0 Å². The van der Waals surface area contributed by atoms with E-state index in [0.717, 1.165) is 5.69 Å². The summed E-state index contributed by atoms with van der Waals surface area (Å²) >= 11 is 4.81. The number of nitrogens with one attached hydrogen (secondary N) is 2. The number of hydrogen-bond donors (Lipinski definition) is 3. The Balaban J connectivity index is 2.11. The van der Waals surface area contributed by atoms with Crippen LogP contribution in [0.4, 0.5) is 11.4 Å². The Kier molecular flexibility index (Phi) is 5.01. The zero-order chi connectivity index (χ0) is 17.0. The number of thiocarbonyl (C=S) groups is 1. The van der Waals surface area contributed by atoms with E-state index < -0.39 is 0 Å². The van der Waals surface area contributed by atoms with Crippen molar-refractivity contribution in [3.8, 4) is 0 Å². The van der Waals surface area contributed by atoms with Crippen LogP contribution in [0, 0.1) is 0 Å². The van der Waals surface area contributed by atoms with E-state index in [2.05, 4.69) is 31.4 Å². The second-order valence-electron chi connectivity index (χ2n) is 6.35. The minimum absolute atomic E-state index is 0.0651. The van der Waals surface area contributed by atoms with Crippen LogP contribution in [0.25, 0.3) is 0 Å². The van der Waals surface area contributed by atoms with Crippen molar-refractivity contribution >= 4 is 34.6 Å². The molecule has 2 aromatic carbocycles. The molecule has 0 fully saturated rings. The fourth-order valence-electron chi connectivity index (χ4n) is 2.14. The van der Waals surface area contributed by atoms with E-state index in [-0.39, 0.29) is 16.4 Å². The number of anilines is 2. The van der Waals surface area contributed by atoms with Gasteiger partial charge in [-0.15, -0.1) is 0 Å². The molecule has 0 aliphatic carbocycles. The molecule has 23 heavy (non-hydrogen) atoms. The van der Waals surface area contributed by atoms with Crippen molar-refractivity contribution in [2.75, 3.05) is 10.6 Å². The normalized spacial score (nSPS) is 10.9. The van der Waals surface area contributed by atoms with Crippen LogP contribution in [0.5, 0.6) is 0 Å². The van der Waals surface area contributed by atoms with Crippen LogP contribution in [0.3, 0.4) is 0 Å². The number of amides is 1. The number of nitrogens with two attached hydrogens (primary N) is 1. The summed E-state index contributed by atoms with van der Waals surface area (Å²) in [4.78, 5) is 12.3. The van der Waals surface area contributed by atoms with E-state index >= 15 is 0 Å². The van der Waals surface area contributed by atoms with Gasteiger partial charge < -0.3 is 16.4 Å². The first-order valence-electron chi connectivity index (χ1n) is 7.34. The Bertz CT molecular complexity index is 718. The molecular formula is C18H21N3OS. The molecule has 0 heterocycles. The number of benzene rings is 2. The van der Waals surface area contributed by atoms with E-state index in [1.165, 1.54) is 5.56 Å². The van der Waals surface area contributed by atoms with Crippen molar-refractivity contribution < 1.29 is 4.79 Å². The van der Waals surface area contributed by atoms with Gasteiger partial charge in [0.1, 0.15) is 0 Å². The van der Waals surface area contributed by atoms with Gasteiger partial charge in [-0.05, 0) is 53.5 Å². The molecule has 0 aliphatic rings. The molecule has 2 aromatic rings. The van der Waals surface area contributed by atoms with Crippen LogP contribution >= 0.6 is 12.2 Å². The highest BCUT2D eigenvalue weighted by molar-refractivity contribution is 7.80. The SMILES string of the molecule is CC(C)(C)c1ccc(C(=O)Nc2cccc(NC(N)=S)c2)cc1. The van der Waals surface area contributed by atoms with Gasteiger partial charge in [-0.25, -0.2) is 0 Å². The zero-order valence-corrected chi connectivity index (χ0v) is 14.3. The van der Waals surface area contributed by atoms with Gasteiger partial charge in [0.2, 0.25) is 0 Å². The standard InChI is InChI=1S/C18H21N3OS/c1-18(2,3)13-9-7-12(8-10-13)16(22)20-14-5-4-6-15(11-14)21-17(19)23/h4-11H,1-3H3,(H,20,22)(H3,19,21,23). The van der Waals surface area contributed by atoms with Crippen molar-refractivity contribution in [2.24, 2.45) is 5.73 Å². The first-order chi connectivity index (χ1) is 10.8. The Morgan fingerprint density at radius 1 is 1.00 bits per heavy atom. The lowest BCUT2D eigenvalue weighted by Gasteiger charge is -2.19. The molecular weight excluding hydrogens is 306 g/mol. The first kappa shape index (κ1) is 17.0. The van der Waals surface area contributed by atoms with Crippen LogP contribution in [0.15, 0.2) is 48.5 Å². The van der Waals surface area contributed by atoms with E-state index in [0.29, 0.717) is 11.3 Å². The molecule has 0 radical (unpaired) electrons. The second kappa shape index (κ2) is 6.79. The Morgan fingerprint density at radius 3 is 2.09 bits per heavy atom. The van der Waals surface area contributed by atoms with E-state index in [4.69, 9.17) is 18.0 Å². The predicted octanol–water partition coefficient (Wildman–Crippen LogP) is 3.89. The Hall–Kier alpha value is -2.40. The van der Waals surface area contributed by atoms with Gasteiger partial charge in [-0.1, -0.05) is 39.0 Å². The lowest BCUT2D eigenvalue weighted by molar-refractivity contribution is 0.102. The molecule has 4 N–H and O–H groups in total. The van der Waals surface area contributed by atoms with Crippen molar-refractivity contribution in [3.63, 3.8) is 0 Å². The van der Waals surface area contributed by atoms with Crippen LogP contribution in [0.1, 0.15) is 36.7 Å². The van der Waals surface area contributed by atoms with E-state index in [1.807, 2.05) is 42.5 Å². The summed E-state index contributed by atoms with van der Waals surface area (Å²) in [5, 5.41) is 5.89. The zero-order valence-electron chi connectivity index (χ0n) is 13.5. The van der Waals surface area contributed by atoms with Gasteiger partial charge in [0.25, 0.3) is 5.91 Å². The highest BCUT2D eigenvalue weighted by atomic mass is 32.1. The second-order valence-corrected chi connectivity index (χ2v) is 6.79. The molecule has 0 aromatic heterocycles. The maximum atomic E-state index is 12.3. The van der Waals surface area contributed by atoms with Gasteiger partial charge in [0, 0.05) is 16.9 Å². The highest BCUT2D eigenvalue weighted by Gasteiger charge is 2.14. The average Bonchev–Trinajstić information content (AvgIpc) is 2.46. The van der Waals surface area contributed by atoms with Crippen LogP contribution in [-0.2, 0) is 5.41 Å². The van der Waals surface area contributed by atoms with Crippen molar-refractivity contribution in [2.45, 2.75) is 26.2 Å². The first-order valence-corrected chi connectivity index (χ1v) is 7.75. The van der Waals surface area contributed by atoms with Crippen LogP contribution < -0.4 is 16.4 Å². The van der Waals surface area contributed by atoms with Crippen molar-refractivity contribution in [1.82, 2.24) is 0 Å². The fraction of sp³-hybridized carbons (Fsp3) is 0.222. The lowest BCUT2D eigenvalue weighted by atomic mass is 9.87. The third-order valence-electron chi connectivity index (χ3n) is 3.40. The van der Waals surface area contributed by atoms with Gasteiger partial charge in [0.15, 0.2) is 5.11 Å². The quantitative estimate of drug-likeness (QED) is 0.748. The molecule has 0 saturated carbocycles. The third-order valence-corrected chi connectivity index (χ3v) is 3.50. The van der Waals surface area contributed by atoms with Gasteiger partial charge in [-0.3, -0.25) is 4.79 Å². The Labute approximate surface area is 142 Å². The minimum Gasteiger partial charge on any atom is -0.376 e.